The number of fused-ring (bicyclic) bond motifs is 3. The Morgan fingerprint density at radius 3 is 2.71 bits per heavy atom. The molecular weight excluding hydrogens is 198 g/mol. The van der Waals surface area contributed by atoms with Crippen LogP contribution in [-0.4, -0.2) is 15.2 Å². The molecule has 0 aliphatic heterocycles. The summed E-state index contributed by atoms with van der Waals surface area (Å²) in [4.78, 5) is 3.06. The minimum atomic E-state index is -0.0489. The summed E-state index contributed by atoms with van der Waals surface area (Å²) in [5, 5.41) is 22.7. The van der Waals surface area contributed by atoms with Gasteiger partial charge in [-0.2, -0.15) is 0 Å². The minimum Gasteiger partial charge on any atom is -0.504 e. The first-order valence-electron chi connectivity index (χ1n) is 4.17. The van der Waals surface area contributed by atoms with Crippen molar-refractivity contribution in [1.82, 2.24) is 4.98 Å². The molecule has 4 heteroatoms. The van der Waals surface area contributed by atoms with Gasteiger partial charge in [0.1, 0.15) is 0 Å². The molecule has 0 aliphatic carbocycles. The fourth-order valence-corrected chi connectivity index (χ4v) is 2.62. The molecule has 0 fully saturated rings. The number of rotatable bonds is 0. The Labute approximate surface area is 83.2 Å². The predicted octanol–water partition coefficient (Wildman–Crippen LogP) is 2.79. The second-order valence-corrected chi connectivity index (χ2v) is 4.04. The highest BCUT2D eigenvalue weighted by Crippen LogP contribution is 2.43. The fourth-order valence-electron chi connectivity index (χ4n) is 1.70. The molecule has 0 amide bonds. The summed E-state index contributed by atoms with van der Waals surface area (Å²) < 4.78 is 0.973. The van der Waals surface area contributed by atoms with Gasteiger partial charge in [-0.05, 0) is 17.5 Å². The van der Waals surface area contributed by atoms with Gasteiger partial charge in [0, 0.05) is 17.0 Å². The third kappa shape index (κ3) is 0.761. The number of nitrogens with one attached hydrogen (secondary N) is 1. The lowest BCUT2D eigenvalue weighted by molar-refractivity contribution is 0.412. The smallest absolute Gasteiger partial charge is 0.167 e. The van der Waals surface area contributed by atoms with E-state index in [0.717, 1.165) is 10.2 Å². The molecule has 0 spiro atoms. The summed E-state index contributed by atoms with van der Waals surface area (Å²) in [5.41, 5.74) is 0.880. The molecular formula is C10H7NO2S. The first-order chi connectivity index (χ1) is 6.79. The summed E-state index contributed by atoms with van der Waals surface area (Å²) in [7, 11) is 0. The highest BCUT2D eigenvalue weighted by atomic mass is 32.1. The van der Waals surface area contributed by atoms with Crippen LogP contribution in [0, 0.1) is 0 Å². The number of aromatic hydroxyl groups is 2. The van der Waals surface area contributed by atoms with E-state index in [-0.39, 0.29) is 11.5 Å². The van der Waals surface area contributed by atoms with Gasteiger partial charge in [0.05, 0.1) is 10.2 Å². The average molecular weight is 205 g/mol. The fraction of sp³-hybridized carbons (Fsp3) is 0. The number of aromatic amines is 1. The van der Waals surface area contributed by atoms with Gasteiger partial charge >= 0.3 is 0 Å². The van der Waals surface area contributed by atoms with E-state index < -0.39 is 0 Å². The first-order valence-corrected chi connectivity index (χ1v) is 5.05. The van der Waals surface area contributed by atoms with Gasteiger partial charge in [-0.25, -0.2) is 0 Å². The molecule has 1 aromatic carbocycles. The van der Waals surface area contributed by atoms with Crippen LogP contribution < -0.4 is 0 Å². The topological polar surface area (TPSA) is 56.2 Å². The summed E-state index contributed by atoms with van der Waals surface area (Å²) >= 11 is 1.54. The van der Waals surface area contributed by atoms with Crippen LogP contribution in [0.3, 0.4) is 0 Å². The second-order valence-electron chi connectivity index (χ2n) is 3.13. The standard InChI is InChI=1S/C10H7NO2S/c12-8-5-1-3-11-7(5)10-6(9(8)13)2-4-14-10/h1-4,11-13H. The SMILES string of the molecule is Oc1c(O)c2ccsc2c2[nH]ccc12. The van der Waals surface area contributed by atoms with Crippen molar-refractivity contribution < 1.29 is 10.2 Å². The van der Waals surface area contributed by atoms with Gasteiger partial charge in [0.15, 0.2) is 11.5 Å². The molecule has 0 saturated heterocycles. The summed E-state index contributed by atoms with van der Waals surface area (Å²) in [6.07, 6.45) is 1.75. The van der Waals surface area contributed by atoms with Gasteiger partial charge < -0.3 is 15.2 Å². The molecule has 0 saturated carbocycles. The van der Waals surface area contributed by atoms with E-state index in [2.05, 4.69) is 4.98 Å². The van der Waals surface area contributed by atoms with E-state index >= 15 is 0 Å². The molecule has 0 aliphatic rings. The van der Waals surface area contributed by atoms with E-state index in [9.17, 15) is 10.2 Å². The highest BCUT2D eigenvalue weighted by molar-refractivity contribution is 7.18. The molecule has 0 bridgehead atoms. The van der Waals surface area contributed by atoms with E-state index in [4.69, 9.17) is 0 Å². The Balaban J connectivity index is 2.73. The van der Waals surface area contributed by atoms with E-state index in [1.807, 2.05) is 5.38 Å². The highest BCUT2D eigenvalue weighted by Gasteiger charge is 2.13. The van der Waals surface area contributed by atoms with Gasteiger partial charge in [-0.15, -0.1) is 11.3 Å². The number of hydrogen-bond acceptors (Lipinski definition) is 3. The lowest BCUT2D eigenvalue weighted by atomic mass is 10.1. The monoisotopic (exact) mass is 205 g/mol. The van der Waals surface area contributed by atoms with Crippen LogP contribution in [0.1, 0.15) is 0 Å². The molecule has 70 valence electrons. The van der Waals surface area contributed by atoms with Gasteiger partial charge in [-0.1, -0.05) is 0 Å². The van der Waals surface area contributed by atoms with Crippen molar-refractivity contribution in [3.63, 3.8) is 0 Å². The van der Waals surface area contributed by atoms with Crippen molar-refractivity contribution >= 4 is 32.3 Å². The number of benzene rings is 1. The normalized spacial score (nSPS) is 11.4. The van der Waals surface area contributed by atoms with Crippen LogP contribution in [-0.2, 0) is 0 Å². The van der Waals surface area contributed by atoms with Crippen LogP contribution in [0.4, 0.5) is 0 Å². The van der Waals surface area contributed by atoms with E-state index in [0.29, 0.717) is 10.8 Å². The van der Waals surface area contributed by atoms with Crippen molar-refractivity contribution in [2.75, 3.05) is 0 Å². The predicted molar refractivity (Wildman–Crippen MR) is 57.0 cm³/mol. The van der Waals surface area contributed by atoms with Crippen LogP contribution in [0.2, 0.25) is 0 Å². The molecule has 0 atom stereocenters. The third-order valence-electron chi connectivity index (χ3n) is 2.37. The summed E-state index contributed by atoms with van der Waals surface area (Å²) in [6.45, 7) is 0. The molecule has 2 aromatic heterocycles. The lowest BCUT2D eigenvalue weighted by Gasteiger charge is -2.01. The Hall–Kier alpha value is -1.68. The molecule has 3 nitrogen and oxygen atoms in total. The maximum Gasteiger partial charge on any atom is 0.167 e. The molecule has 2 heterocycles. The Morgan fingerprint density at radius 2 is 1.86 bits per heavy atom. The molecule has 3 aromatic rings. The van der Waals surface area contributed by atoms with E-state index in [1.54, 1.807) is 29.7 Å². The average Bonchev–Trinajstić information content (AvgIpc) is 2.80. The van der Waals surface area contributed by atoms with Crippen LogP contribution >= 0.6 is 11.3 Å². The largest absolute Gasteiger partial charge is 0.504 e. The Bertz CT molecular complexity index is 568. The van der Waals surface area contributed by atoms with Crippen LogP contribution in [0.15, 0.2) is 23.7 Å². The number of thiophene rings is 1. The minimum absolute atomic E-state index is 0.0339. The summed E-state index contributed by atoms with van der Waals surface area (Å²) in [6, 6.07) is 3.55. The van der Waals surface area contributed by atoms with Crippen molar-refractivity contribution in [3.05, 3.63) is 23.7 Å². The number of H-pyrrole nitrogens is 1. The van der Waals surface area contributed by atoms with Crippen molar-refractivity contribution in [3.8, 4) is 11.5 Å². The van der Waals surface area contributed by atoms with Crippen molar-refractivity contribution in [2.45, 2.75) is 0 Å². The zero-order valence-electron chi connectivity index (χ0n) is 7.11. The van der Waals surface area contributed by atoms with Gasteiger partial charge in [-0.3, -0.25) is 0 Å². The molecule has 14 heavy (non-hydrogen) atoms. The quantitative estimate of drug-likeness (QED) is 0.494. The molecule has 0 unspecified atom stereocenters. The first kappa shape index (κ1) is 7.70. The maximum absolute atomic E-state index is 9.71. The number of aromatic nitrogens is 1. The van der Waals surface area contributed by atoms with Gasteiger partial charge in [0.2, 0.25) is 0 Å². The third-order valence-corrected chi connectivity index (χ3v) is 3.31. The van der Waals surface area contributed by atoms with Crippen LogP contribution in [0.5, 0.6) is 11.5 Å². The second kappa shape index (κ2) is 2.42. The number of hydrogen-bond donors (Lipinski definition) is 3. The van der Waals surface area contributed by atoms with Crippen molar-refractivity contribution in [1.29, 1.82) is 0 Å². The number of phenols is 2. The van der Waals surface area contributed by atoms with Crippen molar-refractivity contribution in [2.24, 2.45) is 0 Å². The number of phenolic OH excluding ortho intramolecular Hbond substituents is 2. The van der Waals surface area contributed by atoms with Gasteiger partial charge in [0.25, 0.3) is 0 Å². The zero-order chi connectivity index (χ0) is 9.71. The Kier molecular flexibility index (Phi) is 1.33. The molecule has 3 N–H and O–H groups in total. The van der Waals surface area contributed by atoms with Crippen LogP contribution in [0.25, 0.3) is 21.0 Å². The molecule has 3 rings (SSSR count). The zero-order valence-corrected chi connectivity index (χ0v) is 7.93. The maximum atomic E-state index is 9.71. The van der Waals surface area contributed by atoms with E-state index in [1.165, 1.54) is 0 Å². The lowest BCUT2D eigenvalue weighted by Crippen LogP contribution is -1.73. The molecule has 0 radical (unpaired) electrons. The Morgan fingerprint density at radius 1 is 1.07 bits per heavy atom. The summed E-state index contributed by atoms with van der Waals surface area (Å²) in [5.74, 6) is -0.0829.